The third-order valence-electron chi connectivity index (χ3n) is 3.33. The molecule has 25 heavy (non-hydrogen) atoms. The second-order valence-electron chi connectivity index (χ2n) is 5.78. The number of carbonyl (C=O) groups is 1. The van der Waals surface area contributed by atoms with Crippen molar-refractivity contribution in [3.05, 3.63) is 63.6 Å². The van der Waals surface area contributed by atoms with Crippen LogP contribution in [0.15, 0.2) is 42.5 Å². The topological polar surface area (TPSA) is 38.3 Å². The Balaban J connectivity index is 1.73. The average molecular weight is 398 g/mol. The predicted molar refractivity (Wildman–Crippen MR) is 107 cm³/mol. The van der Waals surface area contributed by atoms with Crippen molar-refractivity contribution in [3.63, 3.8) is 0 Å². The van der Waals surface area contributed by atoms with E-state index in [2.05, 4.69) is 5.32 Å². The number of ether oxygens (including phenoxy) is 1. The molecule has 1 N–H and O–H groups in total. The number of nitrogens with one attached hydrogen (secondary N) is 1. The summed E-state index contributed by atoms with van der Waals surface area (Å²) >= 11 is 13.7. The number of carbonyl (C=O) groups excluding carboxylic acids is 1. The van der Waals surface area contributed by atoms with Gasteiger partial charge in [0.15, 0.2) is 0 Å². The first-order chi connectivity index (χ1) is 12.0. The number of hydrogen-bond acceptors (Lipinski definition) is 3. The number of amides is 1. The lowest BCUT2D eigenvalue weighted by Gasteiger charge is -2.10. The fraction of sp³-hybridized carbons (Fsp3) is 0.316. The SMILES string of the molecule is CC(C)Oc1ccc(CNC(=O)CSCc2c(Cl)cccc2Cl)cc1. The minimum absolute atomic E-state index is 0.0179. The lowest BCUT2D eigenvalue weighted by Crippen LogP contribution is -2.24. The first-order valence-corrected chi connectivity index (χ1v) is 9.89. The van der Waals surface area contributed by atoms with Gasteiger partial charge in [-0.2, -0.15) is 0 Å². The highest BCUT2D eigenvalue weighted by Crippen LogP contribution is 2.28. The molecule has 0 bridgehead atoms. The van der Waals surface area contributed by atoms with Crippen molar-refractivity contribution in [3.8, 4) is 5.75 Å². The van der Waals surface area contributed by atoms with Crippen molar-refractivity contribution in [2.75, 3.05) is 5.75 Å². The van der Waals surface area contributed by atoms with E-state index in [4.69, 9.17) is 27.9 Å². The van der Waals surface area contributed by atoms with Crippen LogP contribution in [0.5, 0.6) is 5.75 Å². The van der Waals surface area contributed by atoms with E-state index in [1.807, 2.05) is 44.2 Å². The molecule has 0 atom stereocenters. The maximum absolute atomic E-state index is 12.0. The average Bonchev–Trinajstić information content (AvgIpc) is 2.56. The number of halogens is 2. The summed E-state index contributed by atoms with van der Waals surface area (Å²) < 4.78 is 5.60. The van der Waals surface area contributed by atoms with E-state index in [9.17, 15) is 4.79 Å². The maximum Gasteiger partial charge on any atom is 0.230 e. The highest BCUT2D eigenvalue weighted by molar-refractivity contribution is 7.99. The summed E-state index contributed by atoms with van der Waals surface area (Å²) in [6, 6.07) is 13.1. The molecule has 0 aliphatic carbocycles. The minimum Gasteiger partial charge on any atom is -0.491 e. The molecule has 0 aromatic heterocycles. The van der Waals surface area contributed by atoms with Crippen LogP contribution in [-0.2, 0) is 17.1 Å². The van der Waals surface area contributed by atoms with Gasteiger partial charge in [0.2, 0.25) is 5.91 Å². The Hall–Kier alpha value is -1.36. The van der Waals surface area contributed by atoms with Crippen molar-refractivity contribution in [1.29, 1.82) is 0 Å². The van der Waals surface area contributed by atoms with Crippen molar-refractivity contribution >= 4 is 40.9 Å². The van der Waals surface area contributed by atoms with Gasteiger partial charge in [0, 0.05) is 22.3 Å². The first kappa shape index (κ1) is 20.0. The minimum atomic E-state index is -0.0179. The zero-order valence-electron chi connectivity index (χ0n) is 14.2. The molecule has 0 aliphatic rings. The monoisotopic (exact) mass is 397 g/mol. The van der Waals surface area contributed by atoms with Gasteiger partial charge in [-0.3, -0.25) is 4.79 Å². The van der Waals surface area contributed by atoms with Gasteiger partial charge < -0.3 is 10.1 Å². The summed E-state index contributed by atoms with van der Waals surface area (Å²) in [5.41, 5.74) is 1.90. The summed E-state index contributed by atoms with van der Waals surface area (Å²) in [5, 5.41) is 4.17. The third kappa shape index (κ3) is 6.81. The summed E-state index contributed by atoms with van der Waals surface area (Å²) in [4.78, 5) is 12.0. The molecule has 134 valence electrons. The molecule has 2 rings (SSSR count). The van der Waals surface area contributed by atoms with Gasteiger partial charge in [-0.1, -0.05) is 41.4 Å². The summed E-state index contributed by atoms with van der Waals surface area (Å²) in [6.07, 6.45) is 0.147. The van der Waals surface area contributed by atoms with Gasteiger partial charge in [0.1, 0.15) is 5.75 Å². The van der Waals surface area contributed by atoms with E-state index in [-0.39, 0.29) is 12.0 Å². The normalized spacial score (nSPS) is 10.8. The van der Waals surface area contributed by atoms with Crippen LogP contribution in [0.25, 0.3) is 0 Å². The molecule has 0 heterocycles. The van der Waals surface area contributed by atoms with E-state index in [1.165, 1.54) is 11.8 Å². The first-order valence-electron chi connectivity index (χ1n) is 7.98. The van der Waals surface area contributed by atoms with Crippen molar-refractivity contribution in [2.24, 2.45) is 0 Å². The number of benzene rings is 2. The Labute approximate surface area is 163 Å². The van der Waals surface area contributed by atoms with Crippen LogP contribution >= 0.6 is 35.0 Å². The molecule has 0 saturated heterocycles. The van der Waals surface area contributed by atoms with Crippen LogP contribution in [0, 0.1) is 0 Å². The van der Waals surface area contributed by atoms with Crippen LogP contribution in [0.2, 0.25) is 10.0 Å². The van der Waals surface area contributed by atoms with E-state index in [0.717, 1.165) is 16.9 Å². The Bertz CT molecular complexity index is 685. The molecule has 0 spiro atoms. The quantitative estimate of drug-likeness (QED) is 0.653. The smallest absolute Gasteiger partial charge is 0.230 e. The number of rotatable bonds is 8. The molecular weight excluding hydrogens is 377 g/mol. The lowest BCUT2D eigenvalue weighted by atomic mass is 10.2. The fourth-order valence-corrected chi connectivity index (χ4v) is 3.72. The Kier molecular flexibility index (Phi) is 7.94. The van der Waals surface area contributed by atoms with Crippen LogP contribution in [-0.4, -0.2) is 17.8 Å². The Morgan fingerprint density at radius 2 is 1.76 bits per heavy atom. The molecule has 0 radical (unpaired) electrons. The fourth-order valence-electron chi connectivity index (χ4n) is 2.13. The third-order valence-corrected chi connectivity index (χ3v) is 4.99. The molecule has 0 unspecified atom stereocenters. The summed E-state index contributed by atoms with van der Waals surface area (Å²) in [5.74, 6) is 1.77. The van der Waals surface area contributed by atoms with Gasteiger partial charge in [-0.25, -0.2) is 0 Å². The highest BCUT2D eigenvalue weighted by Gasteiger charge is 2.08. The van der Waals surface area contributed by atoms with E-state index < -0.39 is 0 Å². The summed E-state index contributed by atoms with van der Waals surface area (Å²) in [7, 11) is 0. The molecule has 1 amide bonds. The zero-order valence-corrected chi connectivity index (χ0v) is 16.5. The van der Waals surface area contributed by atoms with E-state index in [1.54, 1.807) is 12.1 Å². The molecule has 0 saturated carbocycles. The lowest BCUT2D eigenvalue weighted by molar-refractivity contribution is -0.118. The van der Waals surface area contributed by atoms with Gasteiger partial charge in [0.25, 0.3) is 0 Å². The molecule has 2 aromatic rings. The number of thioether (sulfide) groups is 1. The van der Waals surface area contributed by atoms with Gasteiger partial charge in [-0.15, -0.1) is 11.8 Å². The van der Waals surface area contributed by atoms with Crippen LogP contribution < -0.4 is 10.1 Å². The van der Waals surface area contributed by atoms with Crippen LogP contribution in [0.1, 0.15) is 25.0 Å². The molecular formula is C19H21Cl2NO2S. The molecule has 2 aromatic carbocycles. The number of hydrogen-bond donors (Lipinski definition) is 1. The van der Waals surface area contributed by atoms with Crippen molar-refractivity contribution in [2.45, 2.75) is 32.2 Å². The van der Waals surface area contributed by atoms with Crippen molar-refractivity contribution in [1.82, 2.24) is 5.32 Å². The van der Waals surface area contributed by atoms with E-state index in [0.29, 0.717) is 28.1 Å². The molecule has 0 fully saturated rings. The highest BCUT2D eigenvalue weighted by atomic mass is 35.5. The predicted octanol–water partition coefficient (Wildman–Crippen LogP) is 5.33. The largest absolute Gasteiger partial charge is 0.491 e. The van der Waals surface area contributed by atoms with Crippen LogP contribution in [0.4, 0.5) is 0 Å². The maximum atomic E-state index is 12.0. The Morgan fingerprint density at radius 3 is 2.36 bits per heavy atom. The Morgan fingerprint density at radius 1 is 1.12 bits per heavy atom. The van der Waals surface area contributed by atoms with Crippen LogP contribution in [0.3, 0.4) is 0 Å². The molecule has 6 heteroatoms. The standard InChI is InChI=1S/C19H21Cl2NO2S/c1-13(2)24-15-8-6-14(7-9-15)10-22-19(23)12-25-11-16-17(20)4-3-5-18(16)21/h3-9,13H,10-12H2,1-2H3,(H,22,23). The van der Waals surface area contributed by atoms with Gasteiger partial charge >= 0.3 is 0 Å². The molecule has 0 aliphatic heterocycles. The van der Waals surface area contributed by atoms with Gasteiger partial charge in [-0.05, 0) is 49.2 Å². The van der Waals surface area contributed by atoms with E-state index >= 15 is 0 Å². The van der Waals surface area contributed by atoms with Gasteiger partial charge in [0.05, 0.1) is 11.9 Å². The second kappa shape index (κ2) is 9.95. The second-order valence-corrected chi connectivity index (χ2v) is 7.58. The summed E-state index contributed by atoms with van der Waals surface area (Å²) in [6.45, 7) is 4.47. The molecule has 3 nitrogen and oxygen atoms in total. The zero-order chi connectivity index (χ0) is 18.2. The van der Waals surface area contributed by atoms with Crippen molar-refractivity contribution < 1.29 is 9.53 Å².